The van der Waals surface area contributed by atoms with E-state index in [1.807, 2.05) is 6.07 Å². The molecule has 1 aliphatic carbocycles. The van der Waals surface area contributed by atoms with Crippen molar-refractivity contribution in [2.24, 2.45) is 4.99 Å². The van der Waals surface area contributed by atoms with Gasteiger partial charge in [0, 0.05) is 45.3 Å². The van der Waals surface area contributed by atoms with Crippen molar-refractivity contribution in [3.05, 3.63) is 18.0 Å². The van der Waals surface area contributed by atoms with E-state index in [4.69, 9.17) is 14.3 Å². The van der Waals surface area contributed by atoms with Gasteiger partial charge in [0.05, 0.1) is 24.9 Å². The summed E-state index contributed by atoms with van der Waals surface area (Å²) in [5.74, 6) is 1.02. The molecule has 7 nitrogen and oxygen atoms in total. The number of aliphatic imine (C=N–C) groups is 1. The Balaban J connectivity index is 0.00000280. The third-order valence-corrected chi connectivity index (χ3v) is 5.39. The van der Waals surface area contributed by atoms with Gasteiger partial charge in [-0.3, -0.25) is 9.89 Å². The molecule has 160 valence electrons. The lowest BCUT2D eigenvalue weighted by atomic mass is 10.1. The molecule has 2 fully saturated rings. The number of halogens is 1. The van der Waals surface area contributed by atoms with E-state index in [2.05, 4.69) is 27.2 Å². The monoisotopic (exact) mass is 505 g/mol. The van der Waals surface area contributed by atoms with Crippen LogP contribution in [0.3, 0.4) is 0 Å². The van der Waals surface area contributed by atoms with E-state index >= 15 is 0 Å². The molecule has 1 saturated carbocycles. The molecule has 1 saturated heterocycles. The van der Waals surface area contributed by atoms with Crippen LogP contribution in [-0.2, 0) is 11.3 Å². The van der Waals surface area contributed by atoms with Gasteiger partial charge in [-0.2, -0.15) is 0 Å². The number of hydrogen-bond donors (Lipinski definition) is 1. The average Bonchev–Trinajstić information content (AvgIpc) is 3.06. The number of rotatable bonds is 7. The maximum absolute atomic E-state index is 6.08. The first-order valence-electron chi connectivity index (χ1n) is 10.6. The molecule has 8 heteroatoms. The van der Waals surface area contributed by atoms with Crippen molar-refractivity contribution in [3.63, 3.8) is 0 Å². The van der Waals surface area contributed by atoms with Gasteiger partial charge in [-0.1, -0.05) is 30.8 Å². The van der Waals surface area contributed by atoms with Crippen LogP contribution in [0.4, 0.5) is 0 Å². The van der Waals surface area contributed by atoms with Crippen molar-refractivity contribution in [1.82, 2.24) is 20.3 Å². The smallest absolute Gasteiger partial charge is 0.194 e. The average molecular weight is 505 g/mol. The number of guanidine groups is 1. The molecule has 1 aromatic rings. The Morgan fingerprint density at radius 2 is 1.96 bits per heavy atom. The molecule has 1 N–H and O–H groups in total. The third kappa shape index (κ3) is 7.87. The van der Waals surface area contributed by atoms with Crippen molar-refractivity contribution in [3.8, 4) is 0 Å². The molecule has 0 aromatic carbocycles. The Morgan fingerprint density at radius 3 is 2.61 bits per heavy atom. The Kier molecular flexibility index (Phi) is 11.2. The molecule has 0 bridgehead atoms. The number of hydrogen-bond acceptors (Lipinski definition) is 5. The zero-order chi connectivity index (χ0) is 18.7. The second kappa shape index (κ2) is 13.4. The van der Waals surface area contributed by atoms with E-state index in [0.29, 0.717) is 6.10 Å². The van der Waals surface area contributed by atoms with Crippen LogP contribution in [0.2, 0.25) is 0 Å². The minimum atomic E-state index is 0. The topological polar surface area (TPSA) is 66.1 Å². The number of nitrogens with zero attached hydrogens (tertiary/aromatic N) is 4. The van der Waals surface area contributed by atoms with Gasteiger partial charge in [-0.05, 0) is 19.8 Å². The predicted octanol–water partition coefficient (Wildman–Crippen LogP) is 3.12. The SMILES string of the molecule is CCNC(=NCCOC1CCCCCC1)N1CCN(Cc2ccon2)CC1.I. The molecule has 2 aliphatic rings. The van der Waals surface area contributed by atoms with Crippen LogP contribution < -0.4 is 5.32 Å². The molecule has 2 heterocycles. The first kappa shape index (κ1) is 23.4. The quantitative estimate of drug-likeness (QED) is 0.202. The number of aromatic nitrogens is 1. The van der Waals surface area contributed by atoms with Gasteiger partial charge in [0.25, 0.3) is 0 Å². The van der Waals surface area contributed by atoms with Crippen LogP contribution >= 0.6 is 24.0 Å². The Bertz CT molecular complexity index is 539. The third-order valence-electron chi connectivity index (χ3n) is 5.39. The summed E-state index contributed by atoms with van der Waals surface area (Å²) in [6.07, 6.45) is 9.89. The normalized spacial score (nSPS) is 19.9. The predicted molar refractivity (Wildman–Crippen MR) is 122 cm³/mol. The van der Waals surface area contributed by atoms with Crippen LogP contribution in [0.25, 0.3) is 0 Å². The Hall–Kier alpha value is -0.870. The summed E-state index contributed by atoms with van der Waals surface area (Å²) in [4.78, 5) is 9.57. The number of piperazine rings is 1. The van der Waals surface area contributed by atoms with Crippen molar-refractivity contribution in [1.29, 1.82) is 0 Å². The van der Waals surface area contributed by atoms with E-state index in [9.17, 15) is 0 Å². The number of nitrogens with one attached hydrogen (secondary N) is 1. The maximum Gasteiger partial charge on any atom is 0.194 e. The molecule has 0 unspecified atom stereocenters. The lowest BCUT2D eigenvalue weighted by Crippen LogP contribution is -2.52. The molecule has 0 spiro atoms. The zero-order valence-corrected chi connectivity index (χ0v) is 19.5. The Labute approximate surface area is 186 Å². The number of ether oxygens (including phenoxy) is 1. The lowest BCUT2D eigenvalue weighted by molar-refractivity contribution is 0.0485. The van der Waals surface area contributed by atoms with Crippen LogP contribution in [0.5, 0.6) is 0 Å². The summed E-state index contributed by atoms with van der Waals surface area (Å²) in [7, 11) is 0. The highest BCUT2D eigenvalue weighted by molar-refractivity contribution is 14.0. The van der Waals surface area contributed by atoms with E-state index in [1.165, 1.54) is 38.5 Å². The first-order chi connectivity index (χ1) is 13.3. The minimum Gasteiger partial charge on any atom is -0.376 e. The molecule has 0 atom stereocenters. The van der Waals surface area contributed by atoms with Crippen molar-refractivity contribution < 1.29 is 9.26 Å². The molecule has 1 aliphatic heterocycles. The fourth-order valence-electron chi connectivity index (χ4n) is 3.87. The summed E-state index contributed by atoms with van der Waals surface area (Å²) in [5.41, 5.74) is 1.000. The van der Waals surface area contributed by atoms with E-state index in [-0.39, 0.29) is 24.0 Å². The molecular weight excluding hydrogens is 469 g/mol. The second-order valence-corrected chi connectivity index (χ2v) is 7.47. The van der Waals surface area contributed by atoms with E-state index < -0.39 is 0 Å². The van der Waals surface area contributed by atoms with Crippen LogP contribution in [0.15, 0.2) is 21.8 Å². The highest BCUT2D eigenvalue weighted by atomic mass is 127. The van der Waals surface area contributed by atoms with Crippen molar-refractivity contribution >= 4 is 29.9 Å². The fraction of sp³-hybridized carbons (Fsp3) is 0.800. The van der Waals surface area contributed by atoms with Crippen LogP contribution in [0, 0.1) is 0 Å². The Morgan fingerprint density at radius 1 is 1.21 bits per heavy atom. The summed E-state index contributed by atoms with van der Waals surface area (Å²) in [6, 6.07) is 1.94. The van der Waals surface area contributed by atoms with Gasteiger partial charge in [0.1, 0.15) is 6.26 Å². The van der Waals surface area contributed by atoms with Crippen molar-refractivity contribution in [2.75, 3.05) is 45.9 Å². The van der Waals surface area contributed by atoms with Gasteiger partial charge in [-0.15, -0.1) is 24.0 Å². The maximum atomic E-state index is 6.08. The van der Waals surface area contributed by atoms with Gasteiger partial charge >= 0.3 is 0 Å². The van der Waals surface area contributed by atoms with Crippen LogP contribution in [0.1, 0.15) is 51.1 Å². The molecular formula is C20H36IN5O2. The van der Waals surface area contributed by atoms with Gasteiger partial charge in [0.15, 0.2) is 5.96 Å². The lowest BCUT2D eigenvalue weighted by Gasteiger charge is -2.36. The molecule has 1 aromatic heterocycles. The van der Waals surface area contributed by atoms with Gasteiger partial charge in [0.2, 0.25) is 0 Å². The molecule has 28 heavy (non-hydrogen) atoms. The largest absolute Gasteiger partial charge is 0.376 e. The van der Waals surface area contributed by atoms with Gasteiger partial charge < -0.3 is 19.5 Å². The first-order valence-corrected chi connectivity index (χ1v) is 10.6. The summed E-state index contributed by atoms with van der Waals surface area (Å²) >= 11 is 0. The summed E-state index contributed by atoms with van der Waals surface area (Å²) in [5, 5.41) is 7.44. The molecule has 0 amide bonds. The highest BCUT2D eigenvalue weighted by Gasteiger charge is 2.20. The molecule has 0 radical (unpaired) electrons. The van der Waals surface area contributed by atoms with Crippen molar-refractivity contribution in [2.45, 2.75) is 58.1 Å². The summed E-state index contributed by atoms with van der Waals surface area (Å²) < 4.78 is 11.0. The zero-order valence-electron chi connectivity index (χ0n) is 17.1. The van der Waals surface area contributed by atoms with Crippen LogP contribution in [-0.4, -0.2) is 72.9 Å². The second-order valence-electron chi connectivity index (χ2n) is 7.47. The molecule has 3 rings (SSSR count). The summed E-state index contributed by atoms with van der Waals surface area (Å²) in [6.45, 7) is 9.31. The fourth-order valence-corrected chi connectivity index (χ4v) is 3.87. The minimum absolute atomic E-state index is 0. The van der Waals surface area contributed by atoms with Gasteiger partial charge in [-0.25, -0.2) is 0 Å². The van der Waals surface area contributed by atoms with E-state index in [1.54, 1.807) is 6.26 Å². The standard InChI is InChI=1S/C20H35N5O2.HI/c1-2-21-20(22-10-16-26-19-7-5-3-4-6-8-19)25-13-11-24(12-14-25)17-18-9-15-27-23-18;/h9,15,19H,2-8,10-14,16-17H2,1H3,(H,21,22);1H. The highest BCUT2D eigenvalue weighted by Crippen LogP contribution is 2.19. The van der Waals surface area contributed by atoms with E-state index in [0.717, 1.165) is 64.1 Å².